The fourth-order valence-corrected chi connectivity index (χ4v) is 2.30. The molecule has 0 aliphatic rings. The van der Waals surface area contributed by atoms with E-state index in [0.717, 1.165) is 23.5 Å². The van der Waals surface area contributed by atoms with Crippen molar-refractivity contribution in [2.24, 2.45) is 0 Å². The monoisotopic (exact) mass is 277 g/mol. The predicted molar refractivity (Wildman–Crippen MR) is 74.2 cm³/mol. The van der Waals surface area contributed by atoms with Gasteiger partial charge in [0.25, 0.3) is 0 Å². The average Bonchev–Trinajstić information content (AvgIpc) is 2.82. The minimum Gasteiger partial charge on any atom is -0.338 e. The van der Waals surface area contributed by atoms with Crippen molar-refractivity contribution >= 4 is 23.2 Å². The van der Waals surface area contributed by atoms with Gasteiger partial charge in [-0.2, -0.15) is 0 Å². The molecule has 0 saturated carbocycles. The van der Waals surface area contributed by atoms with Crippen LogP contribution in [0.1, 0.15) is 17.1 Å². The number of aromatic nitrogens is 3. The van der Waals surface area contributed by atoms with Crippen molar-refractivity contribution in [1.29, 1.82) is 0 Å². The Labute approximate surface area is 115 Å². The molecule has 2 heterocycles. The van der Waals surface area contributed by atoms with Crippen LogP contribution in [-0.2, 0) is 6.42 Å². The Morgan fingerprint density at radius 1 is 1.42 bits per heavy atom. The number of anilines is 1. The summed E-state index contributed by atoms with van der Waals surface area (Å²) in [6, 6.07) is -0.268. The molecule has 0 aliphatic carbocycles. The number of carbonyl (C=O) groups excluding carboxylic acids is 1. The summed E-state index contributed by atoms with van der Waals surface area (Å²) in [5.74, 6) is 0.440. The zero-order valence-electron chi connectivity index (χ0n) is 10.6. The normalized spacial score (nSPS) is 10.2. The molecule has 0 unspecified atom stereocenters. The Morgan fingerprint density at radius 2 is 2.32 bits per heavy atom. The number of carbonyl (C=O) groups is 1. The third-order valence-electron chi connectivity index (χ3n) is 2.32. The van der Waals surface area contributed by atoms with Gasteiger partial charge >= 0.3 is 6.03 Å². The minimum absolute atomic E-state index is 0.268. The molecule has 0 fully saturated rings. The predicted octanol–water partition coefficient (Wildman–Crippen LogP) is 2.00. The first kappa shape index (κ1) is 13.4. The molecule has 2 aromatic rings. The lowest BCUT2D eigenvalue weighted by atomic mass is 10.3. The maximum absolute atomic E-state index is 11.5. The number of nitrogens with one attached hydrogen (secondary N) is 2. The van der Waals surface area contributed by atoms with Gasteiger partial charge in [-0.25, -0.2) is 14.8 Å². The van der Waals surface area contributed by atoms with Crippen LogP contribution in [0.4, 0.5) is 10.6 Å². The van der Waals surface area contributed by atoms with Crippen LogP contribution in [0, 0.1) is 6.92 Å². The zero-order valence-corrected chi connectivity index (χ0v) is 11.4. The second kappa shape index (κ2) is 6.79. The first-order chi connectivity index (χ1) is 9.24. The molecule has 6 nitrogen and oxygen atoms in total. The van der Waals surface area contributed by atoms with Crippen LogP contribution in [-0.4, -0.2) is 27.5 Å². The number of nitrogens with zero attached hydrogens (tertiary/aromatic N) is 3. The van der Waals surface area contributed by atoms with Crippen molar-refractivity contribution in [3.63, 3.8) is 0 Å². The Kier molecular flexibility index (Phi) is 4.79. The topological polar surface area (TPSA) is 79.8 Å². The molecule has 0 aliphatic heterocycles. The van der Waals surface area contributed by atoms with Crippen molar-refractivity contribution in [3.8, 4) is 0 Å². The zero-order chi connectivity index (χ0) is 13.5. The number of rotatable bonds is 5. The molecule has 0 spiro atoms. The molecular weight excluding hydrogens is 262 g/mol. The van der Waals surface area contributed by atoms with Gasteiger partial charge in [0.15, 0.2) is 5.82 Å². The highest BCUT2D eigenvalue weighted by Crippen LogP contribution is 2.10. The number of hydrogen-bond acceptors (Lipinski definition) is 5. The largest absolute Gasteiger partial charge is 0.338 e. The molecule has 0 radical (unpaired) electrons. The van der Waals surface area contributed by atoms with E-state index in [1.54, 1.807) is 17.5 Å². The Morgan fingerprint density at radius 3 is 3.00 bits per heavy atom. The quantitative estimate of drug-likeness (QED) is 0.819. The highest BCUT2D eigenvalue weighted by atomic mass is 32.1. The average molecular weight is 277 g/mol. The van der Waals surface area contributed by atoms with Crippen LogP contribution in [0.3, 0.4) is 0 Å². The van der Waals surface area contributed by atoms with E-state index in [0.29, 0.717) is 12.4 Å². The molecular formula is C12H15N5OS. The summed E-state index contributed by atoms with van der Waals surface area (Å²) in [5.41, 5.74) is 1.05. The van der Waals surface area contributed by atoms with Gasteiger partial charge < -0.3 is 5.32 Å². The SMILES string of the molecule is Cc1csc(CCCNC(=O)Nc2cnccn2)n1. The summed E-state index contributed by atoms with van der Waals surface area (Å²) in [7, 11) is 0. The maximum atomic E-state index is 11.5. The van der Waals surface area contributed by atoms with Crippen LogP contribution in [0.15, 0.2) is 24.0 Å². The Balaban J connectivity index is 1.64. The summed E-state index contributed by atoms with van der Waals surface area (Å²) in [6.45, 7) is 2.58. The van der Waals surface area contributed by atoms with Crippen molar-refractivity contribution in [2.75, 3.05) is 11.9 Å². The number of hydrogen-bond donors (Lipinski definition) is 2. The third-order valence-corrected chi connectivity index (χ3v) is 3.35. The van der Waals surface area contributed by atoms with Gasteiger partial charge in [0, 0.05) is 36.4 Å². The summed E-state index contributed by atoms with van der Waals surface area (Å²) in [4.78, 5) is 23.7. The fraction of sp³-hybridized carbons (Fsp3) is 0.333. The minimum atomic E-state index is -0.268. The van der Waals surface area contributed by atoms with Gasteiger partial charge in [0.05, 0.1) is 11.2 Å². The van der Waals surface area contributed by atoms with Crippen LogP contribution in [0.5, 0.6) is 0 Å². The van der Waals surface area contributed by atoms with Crippen molar-refractivity contribution in [2.45, 2.75) is 19.8 Å². The molecule has 19 heavy (non-hydrogen) atoms. The van der Waals surface area contributed by atoms with E-state index in [1.165, 1.54) is 12.4 Å². The van der Waals surface area contributed by atoms with E-state index in [1.807, 2.05) is 12.3 Å². The molecule has 2 aromatic heterocycles. The second-order valence-electron chi connectivity index (χ2n) is 3.96. The van der Waals surface area contributed by atoms with Crippen molar-refractivity contribution in [1.82, 2.24) is 20.3 Å². The summed E-state index contributed by atoms with van der Waals surface area (Å²) in [5, 5.41) is 8.51. The van der Waals surface area contributed by atoms with Gasteiger partial charge in [0.2, 0.25) is 0 Å². The number of amides is 2. The van der Waals surface area contributed by atoms with E-state index in [9.17, 15) is 4.79 Å². The van der Waals surface area contributed by atoms with Gasteiger partial charge in [-0.05, 0) is 13.3 Å². The van der Waals surface area contributed by atoms with Crippen LogP contribution >= 0.6 is 11.3 Å². The molecule has 2 N–H and O–H groups in total. The Bertz CT molecular complexity index is 528. The van der Waals surface area contributed by atoms with Crippen molar-refractivity contribution in [3.05, 3.63) is 34.7 Å². The first-order valence-corrected chi connectivity index (χ1v) is 6.84. The lowest BCUT2D eigenvalue weighted by molar-refractivity contribution is 0.252. The Hall–Kier alpha value is -2.02. The van der Waals surface area contributed by atoms with Crippen molar-refractivity contribution < 1.29 is 4.79 Å². The van der Waals surface area contributed by atoms with E-state index >= 15 is 0 Å². The van der Waals surface area contributed by atoms with Gasteiger partial charge in [-0.15, -0.1) is 11.3 Å². The first-order valence-electron chi connectivity index (χ1n) is 5.96. The summed E-state index contributed by atoms with van der Waals surface area (Å²) < 4.78 is 0. The van der Waals surface area contributed by atoms with E-state index < -0.39 is 0 Å². The molecule has 7 heteroatoms. The summed E-state index contributed by atoms with van der Waals surface area (Å²) >= 11 is 1.65. The van der Waals surface area contributed by atoms with E-state index in [2.05, 4.69) is 25.6 Å². The molecule has 0 aromatic carbocycles. The molecule has 0 saturated heterocycles. The lowest BCUT2D eigenvalue weighted by Gasteiger charge is -2.05. The molecule has 0 atom stereocenters. The van der Waals surface area contributed by atoms with E-state index in [4.69, 9.17) is 0 Å². The highest BCUT2D eigenvalue weighted by molar-refractivity contribution is 7.09. The highest BCUT2D eigenvalue weighted by Gasteiger charge is 2.02. The number of thiazole rings is 1. The van der Waals surface area contributed by atoms with Crippen LogP contribution in [0.25, 0.3) is 0 Å². The standard InChI is InChI=1S/C12H15N5OS/c1-9-8-19-11(16-9)3-2-4-15-12(18)17-10-7-13-5-6-14-10/h5-8H,2-4H2,1H3,(H2,14,15,17,18). The third kappa shape index (κ3) is 4.63. The van der Waals surface area contributed by atoms with Gasteiger partial charge in [-0.3, -0.25) is 10.3 Å². The fourth-order valence-electron chi connectivity index (χ4n) is 1.48. The van der Waals surface area contributed by atoms with Crippen LogP contribution in [0.2, 0.25) is 0 Å². The number of urea groups is 1. The summed E-state index contributed by atoms with van der Waals surface area (Å²) in [6.07, 6.45) is 6.32. The number of aryl methyl sites for hydroxylation is 2. The second-order valence-corrected chi connectivity index (χ2v) is 4.90. The smallest absolute Gasteiger partial charge is 0.320 e. The van der Waals surface area contributed by atoms with E-state index in [-0.39, 0.29) is 6.03 Å². The molecule has 100 valence electrons. The maximum Gasteiger partial charge on any atom is 0.320 e. The van der Waals surface area contributed by atoms with Gasteiger partial charge in [0.1, 0.15) is 0 Å². The molecule has 0 bridgehead atoms. The van der Waals surface area contributed by atoms with Gasteiger partial charge in [-0.1, -0.05) is 0 Å². The molecule has 2 rings (SSSR count). The van der Waals surface area contributed by atoms with Crippen LogP contribution < -0.4 is 10.6 Å². The molecule has 2 amide bonds. The lowest BCUT2D eigenvalue weighted by Crippen LogP contribution is -2.30.